The van der Waals surface area contributed by atoms with Crippen molar-refractivity contribution in [1.82, 2.24) is 50.4 Å². The number of anilines is 2. The number of phenolic OH excluding ortho intramolecular Hbond substituents is 1. The number of thiazole rings is 1. The fraction of sp³-hybridized carbons (Fsp3) is 0.483. The molecule has 2 bridgehead atoms. The lowest BCUT2D eigenvalue weighted by Gasteiger charge is -2.45. The fourth-order valence-corrected chi connectivity index (χ4v) is 13.7. The van der Waals surface area contributed by atoms with E-state index in [1.807, 2.05) is 81.7 Å². The number of ether oxygens (including phenoxy) is 1. The quantitative estimate of drug-likeness (QED) is 0.0749. The van der Waals surface area contributed by atoms with E-state index in [2.05, 4.69) is 54.3 Å². The third kappa shape index (κ3) is 10.6. The summed E-state index contributed by atoms with van der Waals surface area (Å²) in [7, 11) is 2.10. The van der Waals surface area contributed by atoms with Gasteiger partial charge in [0, 0.05) is 101 Å². The first-order valence-corrected chi connectivity index (χ1v) is 29.2. The number of benzene rings is 3. The number of piperazine rings is 2. The topological polar surface area (TPSA) is 202 Å². The van der Waals surface area contributed by atoms with E-state index in [0.717, 1.165) is 110 Å². The Kier molecular flexibility index (Phi) is 15.0. The summed E-state index contributed by atoms with van der Waals surface area (Å²) in [5.41, 5.74) is 6.61. The minimum atomic E-state index is -0.832. The average Bonchev–Trinajstić information content (AvgIpc) is 4.29. The maximum atomic E-state index is 17.3. The Balaban J connectivity index is 0.689. The van der Waals surface area contributed by atoms with Crippen molar-refractivity contribution in [2.24, 2.45) is 11.8 Å². The predicted molar refractivity (Wildman–Crippen MR) is 307 cm³/mol. The zero-order valence-electron chi connectivity index (χ0n) is 46.3. The highest BCUT2D eigenvalue weighted by atomic mass is 32.1. The van der Waals surface area contributed by atoms with Crippen molar-refractivity contribution in [3.05, 3.63) is 101 Å². The van der Waals surface area contributed by atoms with Crippen molar-refractivity contribution in [3.63, 3.8) is 0 Å². The second-order valence-corrected chi connectivity index (χ2v) is 24.1. The SMILES string of the molecule is CCc1cccc2cc(O)cc(-c3ncc4c(N5CC6CCC(C5)N6)nc(OC[C@@H]5CN(CC6CN(c7cc([C@H](C(=O)N8C[C@H](O)C[C@H]8C(=O)N[C@@H](C)c8ccc(-c9scnc9C)cc8)C(C)C)on7)C6)CCN5C)nc4c3F)c12. The zero-order valence-corrected chi connectivity index (χ0v) is 47.1. The van der Waals surface area contributed by atoms with E-state index >= 15 is 4.39 Å². The van der Waals surface area contributed by atoms with Gasteiger partial charge in [0.15, 0.2) is 17.4 Å². The fourth-order valence-electron chi connectivity index (χ4n) is 12.9. The zero-order chi connectivity index (χ0) is 55.5. The Bertz CT molecular complexity index is 3410. The van der Waals surface area contributed by atoms with Crippen LogP contribution < -0.4 is 25.2 Å². The van der Waals surface area contributed by atoms with Crippen LogP contribution in [0.1, 0.15) is 81.5 Å². The number of nitrogens with one attached hydrogen (secondary N) is 2. The normalized spacial score (nSPS) is 22.6. The number of likely N-dealkylation sites (N-methyl/N-ethyl adjacent to an activating group) is 1. The Hall–Kier alpha value is -6.84. The molecule has 5 saturated heterocycles. The smallest absolute Gasteiger partial charge is 0.319 e. The molecule has 12 rings (SSSR count). The number of pyridine rings is 1. The van der Waals surface area contributed by atoms with Crippen LogP contribution in [0.15, 0.2) is 76.9 Å². The van der Waals surface area contributed by atoms with Gasteiger partial charge in [0.2, 0.25) is 11.8 Å². The number of aryl methyl sites for hydroxylation is 2. The van der Waals surface area contributed by atoms with Crippen LogP contribution in [0.3, 0.4) is 0 Å². The van der Waals surface area contributed by atoms with Gasteiger partial charge >= 0.3 is 6.01 Å². The second-order valence-electron chi connectivity index (χ2n) is 23.2. The van der Waals surface area contributed by atoms with E-state index in [9.17, 15) is 19.8 Å². The van der Waals surface area contributed by atoms with Gasteiger partial charge in [0.1, 0.15) is 41.3 Å². The molecule has 0 spiro atoms. The van der Waals surface area contributed by atoms with Gasteiger partial charge in [-0.25, -0.2) is 9.37 Å². The monoisotopic (exact) mass is 1110 g/mol. The molecule has 80 heavy (non-hydrogen) atoms. The largest absolute Gasteiger partial charge is 0.508 e. The number of aromatic hydroxyl groups is 1. The number of β-amino-alcohol motifs (C(OH)–C–C–N with tert-alkyl or cyclic N) is 1. The summed E-state index contributed by atoms with van der Waals surface area (Å²) < 4.78 is 29.8. The molecule has 7 aromatic rings. The lowest BCUT2D eigenvalue weighted by Crippen LogP contribution is -2.58. The van der Waals surface area contributed by atoms with Crippen LogP contribution in [0, 0.1) is 24.6 Å². The minimum Gasteiger partial charge on any atom is -0.508 e. The number of rotatable bonds is 16. The van der Waals surface area contributed by atoms with Crippen molar-refractivity contribution in [2.45, 2.75) is 103 Å². The summed E-state index contributed by atoms with van der Waals surface area (Å²) in [5, 5.41) is 35.1. The highest BCUT2D eigenvalue weighted by Gasteiger charge is 2.44. The van der Waals surface area contributed by atoms with Gasteiger partial charge in [-0.3, -0.25) is 24.4 Å². The number of aliphatic hydroxyl groups excluding tert-OH is 1. The summed E-state index contributed by atoms with van der Waals surface area (Å²) in [6, 6.07) is 18.7. The summed E-state index contributed by atoms with van der Waals surface area (Å²) >= 11 is 1.59. The Labute approximate surface area is 469 Å². The number of fused-ring (bicyclic) bond motifs is 4. The van der Waals surface area contributed by atoms with Crippen LogP contribution in [0.4, 0.5) is 16.0 Å². The molecule has 420 valence electrons. The molecule has 0 aliphatic carbocycles. The van der Waals surface area contributed by atoms with Crippen LogP contribution >= 0.6 is 11.3 Å². The van der Waals surface area contributed by atoms with Gasteiger partial charge in [0.25, 0.3) is 0 Å². The third-order valence-electron chi connectivity index (χ3n) is 17.3. The molecule has 5 aliphatic heterocycles. The number of halogens is 1. The Morgan fingerprint density at radius 1 is 0.963 bits per heavy atom. The van der Waals surface area contributed by atoms with Crippen LogP contribution in [-0.4, -0.2) is 165 Å². The molecule has 3 aromatic carbocycles. The van der Waals surface area contributed by atoms with Gasteiger partial charge in [-0.1, -0.05) is 68.4 Å². The minimum absolute atomic E-state index is 0.0210. The number of amides is 2. The van der Waals surface area contributed by atoms with Crippen molar-refractivity contribution in [1.29, 1.82) is 0 Å². The molecule has 20 heteroatoms. The molecule has 18 nitrogen and oxygen atoms in total. The molecule has 0 radical (unpaired) electrons. The summed E-state index contributed by atoms with van der Waals surface area (Å²) in [6.07, 6.45) is 3.87. The molecular weight excluding hydrogens is 1040 g/mol. The number of likely N-dealkylation sites (tertiary alicyclic amines) is 1. The van der Waals surface area contributed by atoms with Crippen LogP contribution in [-0.2, 0) is 16.0 Å². The number of hydrogen-bond donors (Lipinski definition) is 4. The predicted octanol–water partition coefficient (Wildman–Crippen LogP) is 7.32. The van der Waals surface area contributed by atoms with E-state index in [1.165, 1.54) is 4.90 Å². The number of aromatic nitrogens is 5. The van der Waals surface area contributed by atoms with E-state index in [1.54, 1.807) is 29.7 Å². The van der Waals surface area contributed by atoms with Crippen LogP contribution in [0.5, 0.6) is 11.8 Å². The molecule has 7 atom stereocenters. The lowest BCUT2D eigenvalue weighted by molar-refractivity contribution is -0.141. The highest BCUT2D eigenvalue weighted by molar-refractivity contribution is 7.13. The first-order valence-electron chi connectivity index (χ1n) is 28.3. The molecule has 5 fully saturated rings. The standard InChI is InChI=1S/C60H71FN12O6S/c1-7-37-9-8-10-40-19-44(74)20-46(52(37)40)54-53(61)55-47(23-62-54)57(72-27-41-15-16-42(28-72)65-41)67-60(66-55)78-31-43-29-70(18-17-69(43)6)24-36-25-71(26-36)50-22-49(79-68-50)51(33(2)3)59(77)73-30-45(75)21-48(73)58(76)64-34(4)38-11-13-39(14-12-38)56-35(5)63-32-80-56/h8-14,19-20,22-23,32-34,36,41-43,45,48,51,65,74-75H,7,15-18,21,24-31H2,1-6H3,(H,64,76)/t34-,41?,42?,43-,45+,48-,51+/m0/s1. The molecule has 5 aliphatic rings. The maximum Gasteiger partial charge on any atom is 0.319 e. The first-order chi connectivity index (χ1) is 38.7. The van der Waals surface area contributed by atoms with Gasteiger partial charge < -0.3 is 44.8 Å². The molecule has 2 unspecified atom stereocenters. The average molecular weight is 1110 g/mol. The number of aliphatic hydroxyl groups is 1. The number of carbonyl (C=O) groups excluding carboxylic acids is 2. The third-order valence-corrected chi connectivity index (χ3v) is 18.3. The summed E-state index contributed by atoms with van der Waals surface area (Å²) in [5.74, 6) is 0.103. The van der Waals surface area contributed by atoms with Crippen LogP contribution in [0.25, 0.3) is 43.4 Å². The van der Waals surface area contributed by atoms with Crippen molar-refractivity contribution in [2.75, 3.05) is 82.4 Å². The Morgan fingerprint density at radius 3 is 2.49 bits per heavy atom. The molecule has 4 N–H and O–H groups in total. The van der Waals surface area contributed by atoms with Crippen molar-refractivity contribution in [3.8, 4) is 33.5 Å². The summed E-state index contributed by atoms with van der Waals surface area (Å²) in [4.78, 5) is 59.0. The molecule has 2 amide bonds. The second kappa shape index (κ2) is 22.2. The van der Waals surface area contributed by atoms with E-state index in [0.29, 0.717) is 53.0 Å². The van der Waals surface area contributed by atoms with Crippen molar-refractivity contribution < 1.29 is 33.5 Å². The summed E-state index contributed by atoms with van der Waals surface area (Å²) in [6.45, 7) is 16.6. The molecule has 0 saturated carbocycles. The number of phenols is 1. The first kappa shape index (κ1) is 53.8. The molecular formula is C60H71FN12O6S. The number of nitrogens with zero attached hydrogens (tertiary/aromatic N) is 10. The lowest BCUT2D eigenvalue weighted by atomic mass is 9.91. The molecule has 4 aromatic heterocycles. The molecule has 9 heterocycles. The van der Waals surface area contributed by atoms with Crippen LogP contribution in [0.2, 0.25) is 0 Å². The van der Waals surface area contributed by atoms with Gasteiger partial charge in [-0.2, -0.15) is 9.97 Å². The Morgan fingerprint density at radius 2 is 1.75 bits per heavy atom. The van der Waals surface area contributed by atoms with Gasteiger partial charge in [-0.05, 0) is 85.7 Å². The maximum absolute atomic E-state index is 17.3. The number of carbonyl (C=O) groups is 2. The van der Waals surface area contributed by atoms with Gasteiger partial charge in [0.05, 0.1) is 39.7 Å². The van der Waals surface area contributed by atoms with Gasteiger partial charge in [-0.15, -0.1) is 11.3 Å². The van der Waals surface area contributed by atoms with E-state index in [-0.39, 0.29) is 65.8 Å². The van der Waals surface area contributed by atoms with E-state index < -0.39 is 23.9 Å². The van der Waals surface area contributed by atoms with Crippen molar-refractivity contribution >= 4 is 56.5 Å². The van der Waals surface area contributed by atoms with E-state index in [4.69, 9.17) is 24.2 Å². The number of hydrogen-bond acceptors (Lipinski definition) is 17. The highest BCUT2D eigenvalue weighted by Crippen LogP contribution is 2.40.